The van der Waals surface area contributed by atoms with Crippen molar-refractivity contribution < 1.29 is 14.6 Å². The van der Waals surface area contributed by atoms with E-state index >= 15 is 0 Å². The van der Waals surface area contributed by atoms with Crippen molar-refractivity contribution in [3.63, 3.8) is 0 Å². The summed E-state index contributed by atoms with van der Waals surface area (Å²) in [5.41, 5.74) is 1.49. The number of hydrogen-bond acceptors (Lipinski definition) is 7. The third kappa shape index (κ3) is 5.08. The number of ether oxygens (including phenoxy) is 1. The number of amides is 1. The third-order valence-electron chi connectivity index (χ3n) is 5.71. The van der Waals surface area contributed by atoms with Crippen molar-refractivity contribution in [2.45, 2.75) is 58.8 Å². The summed E-state index contributed by atoms with van der Waals surface area (Å²) in [6.45, 7) is 12.3. The van der Waals surface area contributed by atoms with E-state index in [0.717, 1.165) is 16.9 Å². The van der Waals surface area contributed by atoms with Gasteiger partial charge >= 0.3 is 6.09 Å². The number of aromatic nitrogens is 4. The summed E-state index contributed by atoms with van der Waals surface area (Å²) in [4.78, 5) is 27.8. The lowest BCUT2D eigenvalue weighted by atomic mass is 10.0. The van der Waals surface area contributed by atoms with Crippen molar-refractivity contribution in [2.75, 3.05) is 18.4 Å². The molecule has 3 aromatic rings. The number of imidazole rings is 1. The van der Waals surface area contributed by atoms with E-state index in [9.17, 15) is 9.90 Å². The molecule has 2 atom stereocenters. The van der Waals surface area contributed by atoms with Gasteiger partial charge in [0.15, 0.2) is 0 Å². The number of nitrogens with zero attached hydrogens (tertiary/aromatic N) is 5. The minimum atomic E-state index is -0.969. The molecule has 9 heteroatoms. The largest absolute Gasteiger partial charge is 0.444 e. The molecule has 1 amide bonds. The van der Waals surface area contributed by atoms with Crippen LogP contribution < -0.4 is 5.32 Å². The molecule has 0 spiro atoms. The Morgan fingerprint density at radius 3 is 2.61 bits per heavy atom. The van der Waals surface area contributed by atoms with Crippen LogP contribution in [0.2, 0.25) is 0 Å². The van der Waals surface area contributed by atoms with Gasteiger partial charge in [-0.25, -0.2) is 14.8 Å². The summed E-state index contributed by atoms with van der Waals surface area (Å²) in [7, 11) is 0. The summed E-state index contributed by atoms with van der Waals surface area (Å²) in [6.07, 6.45) is 6.69. The first-order chi connectivity index (χ1) is 15.4. The second kappa shape index (κ2) is 8.30. The van der Waals surface area contributed by atoms with Crippen molar-refractivity contribution in [1.82, 2.24) is 24.3 Å². The molecule has 4 rings (SSSR count). The van der Waals surface area contributed by atoms with E-state index < -0.39 is 11.2 Å². The molecular weight excluding hydrogens is 420 g/mol. The number of aliphatic hydroxyl groups is 1. The predicted octanol–water partition coefficient (Wildman–Crippen LogP) is 3.69. The smallest absolute Gasteiger partial charge is 0.410 e. The number of pyridine rings is 1. The zero-order valence-corrected chi connectivity index (χ0v) is 20.0. The van der Waals surface area contributed by atoms with Gasteiger partial charge in [-0.1, -0.05) is 13.0 Å². The van der Waals surface area contributed by atoms with Crippen molar-refractivity contribution in [3.8, 4) is 11.4 Å². The summed E-state index contributed by atoms with van der Waals surface area (Å²) in [5.74, 6) is 0.858. The molecule has 1 saturated heterocycles. The van der Waals surface area contributed by atoms with Crippen LogP contribution in [-0.2, 0) is 10.3 Å². The maximum atomic E-state index is 12.5. The fourth-order valence-corrected chi connectivity index (χ4v) is 3.91. The van der Waals surface area contributed by atoms with Gasteiger partial charge in [-0.05, 0) is 52.2 Å². The van der Waals surface area contributed by atoms with Gasteiger partial charge in [0.1, 0.15) is 22.8 Å². The van der Waals surface area contributed by atoms with Crippen LogP contribution in [0.25, 0.3) is 17.0 Å². The minimum Gasteiger partial charge on any atom is -0.444 e. The zero-order chi connectivity index (χ0) is 24.0. The lowest BCUT2D eigenvalue weighted by molar-refractivity contribution is 0.0288. The Morgan fingerprint density at radius 2 is 1.91 bits per heavy atom. The van der Waals surface area contributed by atoms with Crippen LogP contribution in [0.5, 0.6) is 0 Å². The average molecular weight is 453 g/mol. The van der Waals surface area contributed by atoms with Crippen molar-refractivity contribution >= 4 is 17.6 Å². The topological polar surface area (TPSA) is 105 Å². The quantitative estimate of drug-likeness (QED) is 0.622. The lowest BCUT2D eigenvalue weighted by Gasteiger charge is -2.24. The number of anilines is 1. The van der Waals surface area contributed by atoms with Crippen LogP contribution in [0.4, 0.5) is 10.6 Å². The molecule has 0 bridgehead atoms. The van der Waals surface area contributed by atoms with Crippen LogP contribution in [0.3, 0.4) is 0 Å². The molecule has 1 aliphatic rings. The van der Waals surface area contributed by atoms with E-state index in [4.69, 9.17) is 9.72 Å². The first-order valence-electron chi connectivity index (χ1n) is 11.2. The Hall–Kier alpha value is -3.20. The van der Waals surface area contributed by atoms with Crippen LogP contribution >= 0.6 is 0 Å². The summed E-state index contributed by atoms with van der Waals surface area (Å²) in [5, 5.41) is 13.8. The van der Waals surface area contributed by atoms with E-state index in [2.05, 4.69) is 22.2 Å². The molecule has 0 radical (unpaired) electrons. The Kier molecular flexibility index (Phi) is 5.78. The molecule has 0 unspecified atom stereocenters. The normalized spacial score (nSPS) is 19.2. The van der Waals surface area contributed by atoms with E-state index in [1.54, 1.807) is 37.3 Å². The third-order valence-corrected chi connectivity index (χ3v) is 5.71. The monoisotopic (exact) mass is 452 g/mol. The highest BCUT2D eigenvalue weighted by molar-refractivity contribution is 5.69. The summed E-state index contributed by atoms with van der Waals surface area (Å²) in [6, 6.07) is 3.77. The highest BCUT2D eigenvalue weighted by Crippen LogP contribution is 2.26. The van der Waals surface area contributed by atoms with Crippen LogP contribution in [0.15, 0.2) is 36.9 Å². The highest BCUT2D eigenvalue weighted by Gasteiger charge is 2.35. The second-order valence-corrected chi connectivity index (χ2v) is 10.3. The van der Waals surface area contributed by atoms with E-state index in [0.29, 0.717) is 24.6 Å². The fraction of sp³-hybridized carbons (Fsp3) is 0.500. The summed E-state index contributed by atoms with van der Waals surface area (Å²) >= 11 is 0. The van der Waals surface area contributed by atoms with Crippen molar-refractivity contribution in [2.24, 2.45) is 5.92 Å². The molecule has 2 N–H and O–H groups in total. The number of carbonyl (C=O) groups is 1. The Labute approximate surface area is 193 Å². The molecule has 4 heterocycles. The maximum absolute atomic E-state index is 12.5. The molecule has 0 aromatic carbocycles. The molecule has 1 aliphatic heterocycles. The molecule has 9 nitrogen and oxygen atoms in total. The zero-order valence-electron chi connectivity index (χ0n) is 20.0. The molecule has 176 valence electrons. The summed E-state index contributed by atoms with van der Waals surface area (Å²) < 4.78 is 7.42. The van der Waals surface area contributed by atoms with E-state index in [1.165, 1.54) is 0 Å². The van der Waals surface area contributed by atoms with Crippen molar-refractivity contribution in [3.05, 3.63) is 42.5 Å². The average Bonchev–Trinajstić information content (AvgIpc) is 3.29. The van der Waals surface area contributed by atoms with Crippen molar-refractivity contribution in [1.29, 1.82) is 0 Å². The molecule has 1 fully saturated rings. The highest BCUT2D eigenvalue weighted by atomic mass is 16.6. The number of nitrogens with one attached hydrogen (secondary N) is 1. The Morgan fingerprint density at radius 1 is 1.15 bits per heavy atom. The molecule has 3 aromatic heterocycles. The van der Waals surface area contributed by atoms with Gasteiger partial charge in [-0.15, -0.1) is 0 Å². The SMILES string of the molecule is C[C@@H]1CN(C(=O)OC(C)(C)C)C[C@@H]1Nc1cncc(-c2cnc3ccc(C(C)(C)O)cn23)n1. The second-order valence-electron chi connectivity index (χ2n) is 10.3. The van der Waals surface area contributed by atoms with E-state index in [1.807, 2.05) is 43.5 Å². The predicted molar refractivity (Wildman–Crippen MR) is 126 cm³/mol. The Balaban J connectivity index is 1.54. The van der Waals surface area contributed by atoms with Gasteiger partial charge < -0.3 is 20.1 Å². The number of fused-ring (bicyclic) bond motifs is 1. The van der Waals surface area contributed by atoms with Gasteiger partial charge in [-0.2, -0.15) is 0 Å². The standard InChI is InChI=1S/C24H32N6O3/c1-15-12-29(22(31)33-23(2,3)4)14-18(15)28-20-11-25-9-17(27-20)19-10-26-21-8-7-16(13-30(19)21)24(5,6)32/h7-11,13,15,18,32H,12,14H2,1-6H3,(H,27,28)/t15-,18+/m1/s1. The first kappa shape index (κ1) is 23.0. The molecule has 0 saturated carbocycles. The molecular formula is C24H32N6O3. The number of hydrogen-bond donors (Lipinski definition) is 2. The maximum Gasteiger partial charge on any atom is 0.410 e. The van der Waals surface area contributed by atoms with Crippen LogP contribution in [0.1, 0.15) is 47.1 Å². The Bertz CT molecular complexity index is 1160. The van der Waals surface area contributed by atoms with Crippen LogP contribution in [-0.4, -0.2) is 60.2 Å². The van der Waals surface area contributed by atoms with Gasteiger partial charge in [0, 0.05) is 25.3 Å². The molecule has 0 aliphatic carbocycles. The number of rotatable bonds is 4. The van der Waals surface area contributed by atoms with Gasteiger partial charge in [0.2, 0.25) is 0 Å². The van der Waals surface area contributed by atoms with Gasteiger partial charge in [0.05, 0.1) is 29.9 Å². The fourth-order valence-electron chi connectivity index (χ4n) is 3.91. The van der Waals surface area contributed by atoms with Crippen LogP contribution in [0, 0.1) is 5.92 Å². The minimum absolute atomic E-state index is 0.0334. The number of likely N-dealkylation sites (tertiary alicyclic amines) is 1. The first-order valence-corrected chi connectivity index (χ1v) is 11.2. The lowest BCUT2D eigenvalue weighted by Crippen LogP contribution is -2.36. The number of carbonyl (C=O) groups excluding carboxylic acids is 1. The van der Waals surface area contributed by atoms with E-state index in [-0.39, 0.29) is 18.1 Å². The molecule has 33 heavy (non-hydrogen) atoms. The van der Waals surface area contributed by atoms with Gasteiger partial charge in [0.25, 0.3) is 0 Å². The van der Waals surface area contributed by atoms with Gasteiger partial charge in [-0.3, -0.25) is 9.38 Å².